The number of quaternary nitrogens is 1. The molecule has 0 amide bonds. The molecule has 0 aromatic heterocycles. The molecule has 0 aliphatic carbocycles. The van der Waals surface area contributed by atoms with E-state index in [-0.39, 0.29) is 0 Å². The van der Waals surface area contributed by atoms with Crippen LogP contribution in [0.5, 0.6) is 0 Å². The monoisotopic (exact) mass is 287 g/mol. The van der Waals surface area contributed by atoms with Crippen molar-refractivity contribution in [2.24, 2.45) is 0 Å². The van der Waals surface area contributed by atoms with E-state index in [1.807, 2.05) is 28.1 Å². The summed E-state index contributed by atoms with van der Waals surface area (Å²) in [5, 5.41) is 13.0. The van der Waals surface area contributed by atoms with E-state index in [2.05, 4.69) is 12.2 Å². The number of hydrogen-bond acceptors (Lipinski definition) is 2. The minimum absolute atomic E-state index is 0.409. The number of carboxylic acid groups (broad SMARTS) is 1. The van der Waals surface area contributed by atoms with Crippen molar-refractivity contribution in [2.75, 3.05) is 27.7 Å². The highest BCUT2D eigenvalue weighted by Crippen LogP contribution is 2.22. The molecule has 0 aliphatic heterocycles. The highest BCUT2D eigenvalue weighted by Gasteiger charge is 2.49. The van der Waals surface area contributed by atoms with Gasteiger partial charge in [-0.1, -0.05) is 46.0 Å². The van der Waals surface area contributed by atoms with Gasteiger partial charge in [-0.25, -0.2) is 4.79 Å². The van der Waals surface area contributed by atoms with Gasteiger partial charge in [0.15, 0.2) is 0 Å². The van der Waals surface area contributed by atoms with Gasteiger partial charge in [0.25, 0.3) is 5.66 Å². The normalized spacial score (nSPS) is 15.1. The highest BCUT2D eigenvalue weighted by atomic mass is 16.4. The van der Waals surface area contributed by atoms with Crippen LogP contribution in [-0.2, 0) is 4.79 Å². The Morgan fingerprint density at radius 3 is 2.00 bits per heavy atom. The summed E-state index contributed by atoms with van der Waals surface area (Å²) in [6, 6.07) is 0. The molecule has 0 fully saturated rings. The van der Waals surface area contributed by atoms with E-state index in [4.69, 9.17) is 0 Å². The topological polar surface area (TPSA) is 49.3 Å². The van der Waals surface area contributed by atoms with Crippen LogP contribution in [0.4, 0.5) is 0 Å². The quantitative estimate of drug-likeness (QED) is 0.329. The summed E-state index contributed by atoms with van der Waals surface area (Å²) in [6.07, 6.45) is 8.89. The van der Waals surface area contributed by atoms with Gasteiger partial charge in [0, 0.05) is 13.0 Å². The van der Waals surface area contributed by atoms with Gasteiger partial charge >= 0.3 is 5.97 Å². The molecule has 1 atom stereocenters. The lowest BCUT2D eigenvalue weighted by molar-refractivity contribution is -0.918. The number of carbonyl (C=O) groups is 1. The van der Waals surface area contributed by atoms with Gasteiger partial charge in [-0.15, -0.1) is 0 Å². The zero-order valence-electron chi connectivity index (χ0n) is 14.2. The largest absolute Gasteiger partial charge is 0.476 e. The van der Waals surface area contributed by atoms with Crippen molar-refractivity contribution in [3.8, 4) is 0 Å². The van der Waals surface area contributed by atoms with Crippen LogP contribution in [0.25, 0.3) is 0 Å². The molecule has 0 radical (unpaired) electrons. The van der Waals surface area contributed by atoms with Crippen LogP contribution in [0, 0.1) is 0 Å². The van der Waals surface area contributed by atoms with Crippen molar-refractivity contribution in [1.82, 2.24) is 5.32 Å². The first-order valence-corrected chi connectivity index (χ1v) is 8.11. The van der Waals surface area contributed by atoms with E-state index in [0.29, 0.717) is 10.9 Å². The molecule has 2 N–H and O–H groups in total. The number of likely N-dealkylation sites (N-methyl/N-ethyl adjacent to an activating group) is 1. The van der Waals surface area contributed by atoms with Crippen LogP contribution >= 0.6 is 0 Å². The minimum Gasteiger partial charge on any atom is -0.476 e. The van der Waals surface area contributed by atoms with Gasteiger partial charge in [-0.05, 0) is 12.8 Å². The molecule has 0 heterocycles. The fourth-order valence-electron chi connectivity index (χ4n) is 2.69. The lowest BCUT2D eigenvalue weighted by Crippen LogP contribution is -2.70. The van der Waals surface area contributed by atoms with Gasteiger partial charge in [0.1, 0.15) is 0 Å². The van der Waals surface area contributed by atoms with Gasteiger partial charge in [0.2, 0.25) is 0 Å². The fraction of sp³-hybridized carbons (Fsp3) is 0.938. The average Bonchev–Trinajstić information content (AvgIpc) is 2.34. The van der Waals surface area contributed by atoms with E-state index in [9.17, 15) is 9.90 Å². The van der Waals surface area contributed by atoms with Crippen LogP contribution in [-0.4, -0.2) is 48.9 Å². The van der Waals surface area contributed by atoms with Crippen LogP contribution < -0.4 is 5.32 Å². The summed E-state index contributed by atoms with van der Waals surface area (Å²) >= 11 is 0. The molecule has 0 aromatic rings. The van der Waals surface area contributed by atoms with Crippen molar-refractivity contribution in [3.05, 3.63) is 0 Å². The molecule has 1 unspecified atom stereocenters. The zero-order chi connectivity index (χ0) is 15.6. The van der Waals surface area contributed by atoms with Crippen LogP contribution in [0.1, 0.15) is 65.2 Å². The summed E-state index contributed by atoms with van der Waals surface area (Å²) in [6.45, 7) is 5.04. The zero-order valence-corrected chi connectivity index (χ0v) is 14.2. The summed E-state index contributed by atoms with van der Waals surface area (Å²) in [5.41, 5.74) is -0.863. The number of rotatable bonds is 12. The number of unbranched alkanes of at least 4 members (excludes halogenated alkanes) is 5. The van der Waals surface area contributed by atoms with Crippen LogP contribution in [0.3, 0.4) is 0 Å². The lowest BCUT2D eigenvalue weighted by Gasteiger charge is -2.43. The summed E-state index contributed by atoms with van der Waals surface area (Å²) < 4.78 is 0.409. The Kier molecular flexibility index (Phi) is 9.06. The number of hydrogen-bond donors (Lipinski definition) is 2. The van der Waals surface area contributed by atoms with Crippen LogP contribution in [0.15, 0.2) is 0 Å². The summed E-state index contributed by atoms with van der Waals surface area (Å²) in [7, 11) is 5.87. The number of aliphatic carboxylic acids is 1. The summed E-state index contributed by atoms with van der Waals surface area (Å²) in [5.74, 6) is -0.738. The predicted octanol–water partition coefficient (Wildman–Crippen LogP) is 3.22. The Morgan fingerprint density at radius 2 is 1.55 bits per heavy atom. The Labute approximate surface area is 125 Å². The Bertz CT molecular complexity index is 274. The van der Waals surface area contributed by atoms with E-state index in [1.165, 1.54) is 32.1 Å². The third kappa shape index (κ3) is 5.80. The third-order valence-corrected chi connectivity index (χ3v) is 4.06. The van der Waals surface area contributed by atoms with E-state index >= 15 is 0 Å². The molecule has 0 saturated carbocycles. The molecule has 120 valence electrons. The molecular formula is C16H35N2O2+. The molecule has 4 heteroatoms. The smallest absolute Gasteiger partial charge is 0.382 e. The van der Waals surface area contributed by atoms with Gasteiger partial charge in [-0.2, -0.15) is 0 Å². The SMILES string of the molecule is CCCCCCCCNC(CCC)(C(=O)O)[N+](C)(C)C. The van der Waals surface area contributed by atoms with E-state index in [0.717, 1.165) is 19.4 Å². The molecule has 0 aromatic carbocycles. The first-order chi connectivity index (χ1) is 9.31. The third-order valence-electron chi connectivity index (χ3n) is 4.06. The highest BCUT2D eigenvalue weighted by molar-refractivity contribution is 5.76. The molecular weight excluding hydrogens is 252 g/mol. The fourth-order valence-corrected chi connectivity index (χ4v) is 2.69. The van der Waals surface area contributed by atoms with Gasteiger partial charge < -0.3 is 9.59 Å². The Hall–Kier alpha value is -0.610. The molecule has 0 rings (SSSR count). The molecule has 0 spiro atoms. The van der Waals surface area contributed by atoms with E-state index < -0.39 is 11.6 Å². The second-order valence-corrected chi connectivity index (χ2v) is 6.62. The molecule has 4 nitrogen and oxygen atoms in total. The maximum absolute atomic E-state index is 11.8. The van der Waals surface area contributed by atoms with Crippen molar-refractivity contribution >= 4 is 5.97 Å². The molecule has 20 heavy (non-hydrogen) atoms. The number of nitrogens with one attached hydrogen (secondary N) is 1. The predicted molar refractivity (Wildman–Crippen MR) is 84.7 cm³/mol. The minimum atomic E-state index is -0.863. The maximum Gasteiger partial charge on any atom is 0.382 e. The van der Waals surface area contributed by atoms with Gasteiger partial charge in [0.05, 0.1) is 21.1 Å². The maximum atomic E-state index is 11.8. The van der Waals surface area contributed by atoms with Crippen molar-refractivity contribution in [2.45, 2.75) is 70.9 Å². The lowest BCUT2D eigenvalue weighted by atomic mass is 10.00. The number of nitrogens with zero attached hydrogens (tertiary/aromatic N) is 1. The second-order valence-electron chi connectivity index (χ2n) is 6.62. The van der Waals surface area contributed by atoms with Gasteiger partial charge in [-0.3, -0.25) is 5.32 Å². The second kappa shape index (κ2) is 9.35. The van der Waals surface area contributed by atoms with Crippen molar-refractivity contribution in [3.63, 3.8) is 0 Å². The Morgan fingerprint density at radius 1 is 1.00 bits per heavy atom. The average molecular weight is 287 g/mol. The molecule has 0 aliphatic rings. The molecule has 0 saturated heterocycles. The van der Waals surface area contributed by atoms with Crippen LogP contribution in [0.2, 0.25) is 0 Å². The standard InChI is InChI=1S/C16H34N2O2/c1-6-8-9-10-11-12-14-17-16(13-7-2,15(19)20)18(3,4)5/h17H,6-14H2,1-5H3/p+1. The van der Waals surface area contributed by atoms with Crippen molar-refractivity contribution in [1.29, 1.82) is 0 Å². The first-order valence-electron chi connectivity index (χ1n) is 8.11. The summed E-state index contributed by atoms with van der Waals surface area (Å²) in [4.78, 5) is 11.8. The molecule has 0 bridgehead atoms. The van der Waals surface area contributed by atoms with Crippen molar-refractivity contribution < 1.29 is 14.4 Å². The Balaban J connectivity index is 4.34. The first kappa shape index (κ1) is 19.4. The van der Waals surface area contributed by atoms with E-state index in [1.54, 1.807) is 0 Å². The number of carboxylic acids is 1.